The molecule has 1 spiro atoms. The summed E-state index contributed by atoms with van der Waals surface area (Å²) in [4.78, 5) is 15.7. The number of benzene rings is 2. The number of aryl methyl sites for hydroxylation is 1. The van der Waals surface area contributed by atoms with E-state index in [0.29, 0.717) is 36.0 Å². The van der Waals surface area contributed by atoms with Crippen molar-refractivity contribution in [1.82, 2.24) is 4.72 Å². The molecule has 2 aromatic carbocycles. The van der Waals surface area contributed by atoms with Crippen molar-refractivity contribution in [2.24, 2.45) is 11.8 Å². The number of fused-ring (bicyclic) bond motifs is 4. The number of halogens is 1. The Morgan fingerprint density at radius 3 is 2.70 bits per heavy atom. The fourth-order valence-electron chi connectivity index (χ4n) is 7.65. The maximum Gasteiger partial charge on any atom is 0.264 e. The Labute approximate surface area is 259 Å². The summed E-state index contributed by atoms with van der Waals surface area (Å²) >= 11 is 6.38. The van der Waals surface area contributed by atoms with E-state index in [0.717, 1.165) is 37.8 Å². The van der Waals surface area contributed by atoms with Crippen LogP contribution in [-0.2, 0) is 21.9 Å². The summed E-state index contributed by atoms with van der Waals surface area (Å²) < 4.78 is 35.3. The second kappa shape index (κ2) is 11.7. The summed E-state index contributed by atoms with van der Waals surface area (Å²) in [5.41, 5.74) is 3.75. The number of aliphatic hydroxyl groups is 2. The molecule has 2 aliphatic heterocycles. The van der Waals surface area contributed by atoms with Gasteiger partial charge >= 0.3 is 0 Å². The van der Waals surface area contributed by atoms with Crippen LogP contribution in [0.3, 0.4) is 0 Å². The molecule has 2 heterocycles. The highest BCUT2D eigenvalue weighted by Crippen LogP contribution is 2.47. The number of anilines is 1. The number of hydrogen-bond acceptors (Lipinski definition) is 7. The van der Waals surface area contributed by atoms with Gasteiger partial charge in [0.2, 0.25) is 10.0 Å². The largest absolute Gasteiger partial charge is 0.490 e. The fourth-order valence-corrected chi connectivity index (χ4v) is 9.27. The highest BCUT2D eigenvalue weighted by atomic mass is 35.5. The van der Waals surface area contributed by atoms with E-state index >= 15 is 0 Å². The number of carbonyl (C=O) groups excluding carboxylic acids is 1. The van der Waals surface area contributed by atoms with Crippen molar-refractivity contribution >= 4 is 33.2 Å². The molecule has 43 heavy (non-hydrogen) atoms. The van der Waals surface area contributed by atoms with Crippen LogP contribution in [0.25, 0.3) is 0 Å². The molecule has 3 N–H and O–H groups in total. The third kappa shape index (κ3) is 5.70. The normalized spacial score (nSPS) is 32.5. The first-order chi connectivity index (χ1) is 20.5. The first kappa shape index (κ1) is 30.4. The third-order valence-corrected chi connectivity index (χ3v) is 12.5. The Hall–Kier alpha value is -2.59. The van der Waals surface area contributed by atoms with Crippen LogP contribution in [0.1, 0.15) is 73.4 Å². The molecule has 6 atom stereocenters. The maximum absolute atomic E-state index is 13.4. The second-order valence-electron chi connectivity index (χ2n) is 12.9. The molecule has 0 radical (unpaired) electrons. The number of sulfonamides is 1. The SMILES string of the molecule is C=C1[C@@H](O)[C@@H](O)CC[C@@H](CC)S(=O)(=O)NC(=O)c2ccc3c(c2)N(C[C@@H]2CC[C@@H]12)C[C@@]1(CCCc2cc(Cl)ccc21)CO3. The number of hydrogen-bond donors (Lipinski definition) is 3. The third-order valence-electron chi connectivity index (χ3n) is 10.3. The van der Waals surface area contributed by atoms with Gasteiger partial charge in [0, 0.05) is 29.1 Å². The molecule has 6 rings (SSSR count). The predicted molar refractivity (Wildman–Crippen MR) is 167 cm³/mol. The van der Waals surface area contributed by atoms with Gasteiger partial charge in [0.1, 0.15) is 11.9 Å². The summed E-state index contributed by atoms with van der Waals surface area (Å²) in [6.07, 6.45) is 2.87. The zero-order valence-electron chi connectivity index (χ0n) is 24.6. The Balaban J connectivity index is 1.43. The lowest BCUT2D eigenvalue weighted by Crippen LogP contribution is -2.49. The summed E-state index contributed by atoms with van der Waals surface area (Å²) in [5.74, 6) is 0.172. The van der Waals surface area contributed by atoms with Crippen LogP contribution in [0.15, 0.2) is 48.6 Å². The van der Waals surface area contributed by atoms with E-state index in [1.165, 1.54) is 11.1 Å². The molecule has 232 valence electrons. The number of carbonyl (C=O) groups is 1. The van der Waals surface area contributed by atoms with E-state index < -0.39 is 33.4 Å². The molecule has 10 heteroatoms. The minimum absolute atomic E-state index is 0.0239. The summed E-state index contributed by atoms with van der Waals surface area (Å²) in [5, 5.41) is 21.7. The Morgan fingerprint density at radius 2 is 1.95 bits per heavy atom. The molecule has 0 saturated heterocycles. The first-order valence-electron chi connectivity index (χ1n) is 15.4. The summed E-state index contributed by atoms with van der Waals surface area (Å²) in [6, 6.07) is 11.2. The topological polar surface area (TPSA) is 116 Å². The van der Waals surface area contributed by atoms with E-state index in [1.807, 2.05) is 6.07 Å². The predicted octanol–water partition coefficient (Wildman–Crippen LogP) is 4.75. The average Bonchev–Trinajstić information content (AvgIpc) is 3.11. The van der Waals surface area contributed by atoms with Gasteiger partial charge in [0.15, 0.2) is 0 Å². The van der Waals surface area contributed by atoms with Crippen LogP contribution in [0.4, 0.5) is 5.69 Å². The van der Waals surface area contributed by atoms with Crippen molar-refractivity contribution < 1.29 is 28.2 Å². The Kier molecular flexibility index (Phi) is 8.30. The van der Waals surface area contributed by atoms with Crippen LogP contribution in [0.2, 0.25) is 5.02 Å². The standard InChI is InChI=1S/C33H41ClN2O6S/c1-3-25-9-12-29(37)31(38)20(2)26-10-6-23(26)17-36-18-33(14-4-5-21-15-24(34)8-11-27(21)33)19-42-30-13-7-22(16-28(30)36)32(39)35-43(25,40)41/h7-8,11,13,15-16,23,25-26,29,31,37-38H,2-6,9-10,12,14,17-19H2,1H3,(H,35,39)/t23-,25+,26-,29-,31+,33-/m0/s1. The van der Waals surface area contributed by atoms with Crippen LogP contribution < -0.4 is 14.4 Å². The lowest BCUT2D eigenvalue weighted by Gasteiger charge is -2.46. The van der Waals surface area contributed by atoms with Gasteiger partial charge in [-0.1, -0.05) is 31.2 Å². The van der Waals surface area contributed by atoms with Gasteiger partial charge in [0.25, 0.3) is 5.91 Å². The van der Waals surface area contributed by atoms with Gasteiger partial charge in [0.05, 0.1) is 23.6 Å². The minimum Gasteiger partial charge on any atom is -0.490 e. The highest BCUT2D eigenvalue weighted by molar-refractivity contribution is 7.90. The van der Waals surface area contributed by atoms with Crippen LogP contribution >= 0.6 is 11.6 Å². The van der Waals surface area contributed by atoms with Crippen molar-refractivity contribution in [3.8, 4) is 5.75 Å². The zero-order chi connectivity index (χ0) is 30.5. The van der Waals surface area contributed by atoms with Crippen molar-refractivity contribution in [3.05, 3.63) is 70.3 Å². The maximum atomic E-state index is 13.4. The summed E-state index contributed by atoms with van der Waals surface area (Å²) in [6.45, 7) is 7.71. The fraction of sp³-hybridized carbons (Fsp3) is 0.545. The number of rotatable bonds is 1. The van der Waals surface area contributed by atoms with E-state index in [2.05, 4.69) is 28.3 Å². The lowest BCUT2D eigenvalue weighted by atomic mass is 9.67. The first-order valence-corrected chi connectivity index (χ1v) is 17.4. The van der Waals surface area contributed by atoms with Gasteiger partial charge in [-0.2, -0.15) is 0 Å². The minimum atomic E-state index is -4.03. The number of ether oxygens (including phenoxy) is 1. The van der Waals surface area contributed by atoms with Gasteiger partial charge in [-0.05, 0) is 110 Å². The van der Waals surface area contributed by atoms with Crippen LogP contribution in [-0.4, -0.2) is 61.7 Å². The molecule has 1 amide bonds. The van der Waals surface area contributed by atoms with Crippen molar-refractivity contribution in [2.45, 2.75) is 81.2 Å². The summed E-state index contributed by atoms with van der Waals surface area (Å²) in [7, 11) is -4.03. The van der Waals surface area contributed by atoms with Crippen molar-refractivity contribution in [1.29, 1.82) is 0 Å². The second-order valence-corrected chi connectivity index (χ2v) is 15.3. The van der Waals surface area contributed by atoms with Gasteiger partial charge in [-0.25, -0.2) is 13.1 Å². The van der Waals surface area contributed by atoms with Gasteiger partial charge < -0.3 is 19.8 Å². The lowest BCUT2D eigenvalue weighted by molar-refractivity contribution is 0.0203. The smallest absolute Gasteiger partial charge is 0.264 e. The molecular weight excluding hydrogens is 588 g/mol. The molecule has 2 aromatic rings. The average molecular weight is 629 g/mol. The van der Waals surface area contributed by atoms with Gasteiger partial charge in [-0.15, -0.1) is 0 Å². The number of nitrogens with zero attached hydrogens (tertiary/aromatic N) is 1. The quantitative estimate of drug-likeness (QED) is 0.390. The molecular formula is C33H41ClN2O6S. The molecule has 0 aromatic heterocycles. The number of nitrogens with one attached hydrogen (secondary N) is 1. The monoisotopic (exact) mass is 628 g/mol. The molecule has 0 unspecified atom stereocenters. The van der Waals surface area contributed by atoms with Crippen molar-refractivity contribution in [2.75, 3.05) is 24.6 Å². The Morgan fingerprint density at radius 1 is 1.14 bits per heavy atom. The van der Waals surface area contributed by atoms with Crippen LogP contribution in [0, 0.1) is 11.8 Å². The molecule has 2 aliphatic carbocycles. The van der Waals surface area contributed by atoms with E-state index in [-0.39, 0.29) is 42.1 Å². The molecule has 1 saturated carbocycles. The van der Waals surface area contributed by atoms with E-state index in [4.69, 9.17) is 16.3 Å². The number of aliphatic hydroxyl groups excluding tert-OH is 2. The molecule has 8 nitrogen and oxygen atoms in total. The van der Waals surface area contributed by atoms with E-state index in [1.54, 1.807) is 25.1 Å². The molecule has 4 aliphatic rings. The number of amides is 1. The van der Waals surface area contributed by atoms with Gasteiger partial charge in [-0.3, -0.25) is 4.79 Å². The van der Waals surface area contributed by atoms with E-state index in [9.17, 15) is 23.4 Å². The van der Waals surface area contributed by atoms with Crippen molar-refractivity contribution in [3.63, 3.8) is 0 Å². The molecule has 1 fully saturated rings. The zero-order valence-corrected chi connectivity index (χ0v) is 26.2. The Bertz CT molecular complexity index is 1530. The van der Waals surface area contributed by atoms with Crippen LogP contribution in [0.5, 0.6) is 5.75 Å². The molecule has 2 bridgehead atoms. The highest BCUT2D eigenvalue weighted by Gasteiger charge is 2.44.